The van der Waals surface area contributed by atoms with Crippen LogP contribution in [0.15, 0.2) is 66.7 Å². The number of aromatic hydroxyl groups is 2. The largest absolute Gasteiger partial charge is 0.507 e. The molecule has 3 aromatic carbocycles. The molecule has 1 aliphatic heterocycles. The standard InChI is InChI=1S/C26H24N6O3/c33-24-16-23-20(22(27-28-23)14-17-4-2-1-3-5-17)15-21(24)25-29-30-26(34)32(25)19-8-6-18(7-9-19)31-10-12-35-13-11-31/h1-9,15-16,33H,10-14H2,(H,27,28)(H,30,34). The van der Waals surface area contributed by atoms with Gasteiger partial charge in [0, 0.05) is 36.7 Å². The van der Waals surface area contributed by atoms with Gasteiger partial charge in [-0.2, -0.15) is 5.10 Å². The first kappa shape index (κ1) is 21.2. The number of nitrogens with one attached hydrogen (secondary N) is 1. The van der Waals surface area contributed by atoms with Crippen LogP contribution in [-0.4, -0.2) is 61.5 Å². The van der Waals surface area contributed by atoms with Gasteiger partial charge in [0.1, 0.15) is 5.75 Å². The highest BCUT2D eigenvalue weighted by molar-refractivity contribution is 5.89. The maximum Gasteiger partial charge on any atom is 0.319 e. The van der Waals surface area contributed by atoms with E-state index >= 15 is 0 Å². The Balaban J connectivity index is 1.38. The summed E-state index contributed by atoms with van der Waals surface area (Å²) in [5.41, 5.74) is 4.95. The van der Waals surface area contributed by atoms with Gasteiger partial charge in [0.25, 0.3) is 0 Å². The van der Waals surface area contributed by atoms with Crippen LogP contribution in [0.2, 0.25) is 0 Å². The number of morpholine rings is 1. The predicted octanol–water partition coefficient (Wildman–Crippen LogP) is 3.65. The van der Waals surface area contributed by atoms with Crippen molar-refractivity contribution in [1.82, 2.24) is 25.0 Å². The highest BCUT2D eigenvalue weighted by Gasteiger charge is 2.21. The number of nitrogens with zero attached hydrogens (tertiary/aromatic N) is 5. The van der Waals surface area contributed by atoms with E-state index in [1.807, 2.05) is 48.5 Å². The average molecular weight is 469 g/mol. The van der Waals surface area contributed by atoms with Crippen LogP contribution in [0.1, 0.15) is 11.3 Å². The van der Waals surface area contributed by atoms with E-state index in [1.165, 1.54) is 4.57 Å². The molecule has 35 heavy (non-hydrogen) atoms. The molecule has 0 atom stereocenters. The lowest BCUT2D eigenvalue weighted by Gasteiger charge is -2.29. The van der Waals surface area contributed by atoms with Gasteiger partial charge in [0.2, 0.25) is 0 Å². The second kappa shape index (κ2) is 8.77. The summed E-state index contributed by atoms with van der Waals surface area (Å²) in [4.78, 5) is 2.26. The Morgan fingerprint density at radius 3 is 2.40 bits per heavy atom. The second-order valence-electron chi connectivity index (χ2n) is 8.52. The van der Waals surface area contributed by atoms with Gasteiger partial charge < -0.3 is 19.8 Å². The molecule has 1 saturated heterocycles. The number of hydrogen-bond donors (Lipinski definition) is 3. The second-order valence-corrected chi connectivity index (χ2v) is 8.52. The van der Waals surface area contributed by atoms with Gasteiger partial charge in [0.05, 0.1) is 35.7 Å². The third kappa shape index (κ3) is 3.95. The van der Waals surface area contributed by atoms with Crippen LogP contribution in [0.5, 0.6) is 11.8 Å². The first-order valence-corrected chi connectivity index (χ1v) is 11.5. The summed E-state index contributed by atoms with van der Waals surface area (Å²) < 4.78 is 6.96. The van der Waals surface area contributed by atoms with Crippen molar-refractivity contribution >= 4 is 16.6 Å². The SMILES string of the molecule is Oc1cc2[nH]nc(Cc3ccccc3)c2cc1-c1nnc(O)n1-c1ccc(N2CCOCC2)cc1. The first-order valence-electron chi connectivity index (χ1n) is 11.5. The van der Waals surface area contributed by atoms with E-state index in [2.05, 4.69) is 37.4 Å². The minimum Gasteiger partial charge on any atom is -0.507 e. The molecule has 0 unspecified atom stereocenters. The fraction of sp³-hybridized carbons (Fsp3) is 0.192. The van der Waals surface area contributed by atoms with E-state index < -0.39 is 0 Å². The number of ether oxygens (including phenoxy) is 1. The molecule has 0 saturated carbocycles. The van der Waals surface area contributed by atoms with Gasteiger partial charge in [-0.3, -0.25) is 5.10 Å². The lowest BCUT2D eigenvalue weighted by molar-refractivity contribution is 0.122. The Kier molecular flexibility index (Phi) is 5.31. The Labute approximate surface area is 201 Å². The van der Waals surface area contributed by atoms with Crippen LogP contribution in [0.4, 0.5) is 5.69 Å². The summed E-state index contributed by atoms with van der Waals surface area (Å²) in [6.45, 7) is 3.10. The highest BCUT2D eigenvalue weighted by Crippen LogP contribution is 2.36. The summed E-state index contributed by atoms with van der Waals surface area (Å²) >= 11 is 0. The zero-order chi connectivity index (χ0) is 23.8. The van der Waals surface area contributed by atoms with Crippen LogP contribution in [0, 0.1) is 0 Å². The molecule has 2 aromatic heterocycles. The van der Waals surface area contributed by atoms with Crippen molar-refractivity contribution < 1.29 is 14.9 Å². The van der Waals surface area contributed by atoms with E-state index in [4.69, 9.17) is 4.74 Å². The van der Waals surface area contributed by atoms with E-state index in [-0.39, 0.29) is 11.8 Å². The third-order valence-corrected chi connectivity index (χ3v) is 6.34. The Bertz CT molecular complexity index is 1470. The molecular weight excluding hydrogens is 444 g/mol. The minimum atomic E-state index is -0.254. The number of anilines is 1. The molecule has 6 rings (SSSR count). The molecule has 9 nitrogen and oxygen atoms in total. The maximum atomic E-state index is 10.8. The molecule has 9 heteroatoms. The number of phenolic OH excluding ortho intramolecular Hbond substituents is 1. The summed E-state index contributed by atoms with van der Waals surface area (Å²) in [7, 11) is 0. The van der Waals surface area contributed by atoms with Crippen molar-refractivity contribution in [2.45, 2.75) is 6.42 Å². The van der Waals surface area contributed by atoms with E-state index in [1.54, 1.807) is 6.07 Å². The summed E-state index contributed by atoms with van der Waals surface area (Å²) in [5.74, 6) is 0.360. The molecular formula is C26H24N6O3. The number of fused-ring (bicyclic) bond motifs is 1. The highest BCUT2D eigenvalue weighted by atomic mass is 16.5. The van der Waals surface area contributed by atoms with Gasteiger partial charge in [-0.1, -0.05) is 35.4 Å². The molecule has 1 fully saturated rings. The number of aromatic amines is 1. The molecule has 1 aliphatic rings. The summed E-state index contributed by atoms with van der Waals surface area (Å²) in [6.07, 6.45) is 0.645. The first-order chi connectivity index (χ1) is 17.2. The minimum absolute atomic E-state index is 0.0194. The van der Waals surface area contributed by atoms with Crippen LogP contribution >= 0.6 is 0 Å². The normalized spacial score (nSPS) is 14.0. The molecule has 0 radical (unpaired) electrons. The molecule has 5 aromatic rings. The number of H-pyrrole nitrogens is 1. The van der Waals surface area contributed by atoms with Gasteiger partial charge in [-0.25, -0.2) is 4.57 Å². The van der Waals surface area contributed by atoms with Crippen molar-refractivity contribution in [2.75, 3.05) is 31.2 Å². The molecule has 176 valence electrons. The lowest BCUT2D eigenvalue weighted by atomic mass is 10.0. The number of phenols is 1. The predicted molar refractivity (Wildman–Crippen MR) is 132 cm³/mol. The van der Waals surface area contributed by atoms with Crippen molar-refractivity contribution in [3.8, 4) is 28.8 Å². The summed E-state index contributed by atoms with van der Waals surface area (Å²) in [6, 6.07) is 21.1. The topological polar surface area (TPSA) is 112 Å². The molecule has 3 heterocycles. The van der Waals surface area contributed by atoms with Crippen molar-refractivity contribution in [2.24, 2.45) is 0 Å². The Morgan fingerprint density at radius 1 is 0.886 bits per heavy atom. The maximum absolute atomic E-state index is 10.8. The lowest BCUT2D eigenvalue weighted by Crippen LogP contribution is -2.36. The van der Waals surface area contributed by atoms with Crippen molar-refractivity contribution in [1.29, 1.82) is 0 Å². The van der Waals surface area contributed by atoms with Gasteiger partial charge in [0.15, 0.2) is 5.82 Å². The smallest absolute Gasteiger partial charge is 0.319 e. The van der Waals surface area contributed by atoms with Gasteiger partial charge >= 0.3 is 6.01 Å². The molecule has 0 spiro atoms. The van der Waals surface area contributed by atoms with Crippen LogP contribution < -0.4 is 4.90 Å². The van der Waals surface area contributed by atoms with Crippen LogP contribution in [-0.2, 0) is 11.2 Å². The van der Waals surface area contributed by atoms with E-state index in [0.717, 1.165) is 40.9 Å². The monoisotopic (exact) mass is 468 g/mol. The number of rotatable bonds is 5. The Morgan fingerprint density at radius 2 is 1.63 bits per heavy atom. The fourth-order valence-electron chi connectivity index (χ4n) is 4.53. The molecule has 0 bridgehead atoms. The van der Waals surface area contributed by atoms with Crippen molar-refractivity contribution in [3.63, 3.8) is 0 Å². The molecule has 0 aliphatic carbocycles. The summed E-state index contributed by atoms with van der Waals surface area (Å²) in [5, 5.41) is 37.8. The number of benzene rings is 3. The quantitative estimate of drug-likeness (QED) is 0.361. The van der Waals surface area contributed by atoms with Crippen molar-refractivity contribution in [3.05, 3.63) is 78.0 Å². The Hall–Kier alpha value is -4.37. The fourth-order valence-corrected chi connectivity index (χ4v) is 4.53. The number of aromatic nitrogens is 5. The zero-order valence-electron chi connectivity index (χ0n) is 18.9. The van der Waals surface area contributed by atoms with Gasteiger partial charge in [-0.05, 0) is 35.9 Å². The van der Waals surface area contributed by atoms with E-state index in [9.17, 15) is 10.2 Å². The van der Waals surface area contributed by atoms with Crippen LogP contribution in [0.3, 0.4) is 0 Å². The number of hydrogen-bond acceptors (Lipinski definition) is 7. The van der Waals surface area contributed by atoms with E-state index in [0.29, 0.717) is 36.7 Å². The third-order valence-electron chi connectivity index (χ3n) is 6.34. The van der Waals surface area contributed by atoms with Crippen LogP contribution in [0.25, 0.3) is 28.0 Å². The zero-order valence-corrected chi connectivity index (χ0v) is 18.9. The molecule has 0 amide bonds. The average Bonchev–Trinajstić information content (AvgIpc) is 3.47. The molecule has 3 N–H and O–H groups in total. The van der Waals surface area contributed by atoms with Gasteiger partial charge in [-0.15, -0.1) is 5.10 Å².